The summed E-state index contributed by atoms with van der Waals surface area (Å²) in [5, 5.41) is 5.28. The number of aromatic amines is 1. The smallest absolute Gasteiger partial charge is 0.367 e. The van der Waals surface area contributed by atoms with E-state index in [-0.39, 0.29) is 28.9 Å². The number of pyridine rings is 1. The van der Waals surface area contributed by atoms with Gasteiger partial charge in [-0.25, -0.2) is 4.39 Å². The van der Waals surface area contributed by atoms with Crippen LogP contribution >= 0.6 is 0 Å². The molecule has 1 unspecified atom stereocenters. The topological polar surface area (TPSA) is 124 Å². The molecule has 2 amide bonds. The van der Waals surface area contributed by atoms with Crippen LogP contribution in [0.1, 0.15) is 46.5 Å². The fraction of sp³-hybridized carbons (Fsp3) is 0.367. The lowest BCUT2D eigenvalue weighted by Gasteiger charge is -2.44. The minimum Gasteiger partial charge on any atom is -0.367 e. The zero-order valence-electron chi connectivity index (χ0n) is 24.0. The van der Waals surface area contributed by atoms with E-state index in [2.05, 4.69) is 20.5 Å². The summed E-state index contributed by atoms with van der Waals surface area (Å²) in [5.74, 6) is -2.16. The van der Waals surface area contributed by atoms with Crippen molar-refractivity contribution in [1.29, 1.82) is 0 Å². The van der Waals surface area contributed by atoms with Crippen LogP contribution in [0.2, 0.25) is 0 Å². The second-order valence-electron chi connectivity index (χ2n) is 10.7. The molecule has 1 saturated heterocycles. The number of amides is 2. The van der Waals surface area contributed by atoms with Gasteiger partial charge in [-0.1, -0.05) is 6.07 Å². The van der Waals surface area contributed by atoms with Crippen LogP contribution in [0.5, 0.6) is 0 Å². The minimum atomic E-state index is -4.96. The number of carbonyl (C=O) groups excluding carboxylic acids is 2. The van der Waals surface area contributed by atoms with Crippen LogP contribution in [0.3, 0.4) is 0 Å². The van der Waals surface area contributed by atoms with Gasteiger partial charge in [-0.3, -0.25) is 19.3 Å². The molecule has 1 aromatic heterocycles. The molecule has 1 aliphatic heterocycles. The number of nitrogens with zero attached hydrogens (tertiary/aromatic N) is 2. The maximum Gasteiger partial charge on any atom is 0.417 e. The van der Waals surface area contributed by atoms with Crippen LogP contribution in [0.15, 0.2) is 53.5 Å². The maximum atomic E-state index is 15.1. The number of hydrogen-bond donors (Lipinski definition) is 4. The zero-order chi connectivity index (χ0) is 31.5. The van der Waals surface area contributed by atoms with Crippen molar-refractivity contribution >= 4 is 23.2 Å². The number of anilines is 2. The van der Waals surface area contributed by atoms with Crippen LogP contribution in [-0.4, -0.2) is 67.0 Å². The number of H-pyrrole nitrogens is 1. The molecule has 2 aromatic carbocycles. The van der Waals surface area contributed by atoms with Gasteiger partial charge in [0.1, 0.15) is 5.82 Å². The second-order valence-corrected chi connectivity index (χ2v) is 10.7. The molecule has 13 heteroatoms. The van der Waals surface area contributed by atoms with E-state index in [9.17, 15) is 27.6 Å². The van der Waals surface area contributed by atoms with Crippen molar-refractivity contribution < 1.29 is 27.2 Å². The molecule has 0 aliphatic carbocycles. The summed E-state index contributed by atoms with van der Waals surface area (Å²) >= 11 is 0. The maximum absolute atomic E-state index is 15.1. The predicted octanol–water partition coefficient (Wildman–Crippen LogP) is 4.06. The standard InChI is InChI=1S/C30H34F4N6O3/c1-17-15-40(16-18(2)39(17)3)26-8-6-19(21-11-20(5-7-24(21)31)28(42)36-10-4-9-35)12-25(26)38-29(43)22-14-37-27(41)13-23(22)30(32,33)34/h5-8,11-14,17-18H,4,9-10,15-16,35H2,1-3H3,(H,36,42)(H,37,41)(H,38,43)/t17-,18?/m1/s1. The Labute approximate surface area is 246 Å². The number of piperazine rings is 1. The van der Waals surface area contributed by atoms with Gasteiger partial charge in [-0.15, -0.1) is 0 Å². The third-order valence-corrected chi connectivity index (χ3v) is 7.63. The SMILES string of the molecule is CC1CN(c2ccc(-c3cc(C(=O)NCCCN)ccc3F)cc2NC(=O)c2c[nH]c(=O)cc2C(F)(F)F)C[C@@H](C)N1C. The van der Waals surface area contributed by atoms with Crippen molar-refractivity contribution in [3.8, 4) is 11.1 Å². The van der Waals surface area contributed by atoms with Crippen molar-refractivity contribution in [2.24, 2.45) is 5.73 Å². The lowest BCUT2D eigenvalue weighted by molar-refractivity contribution is -0.138. The molecule has 0 spiro atoms. The molecule has 0 bridgehead atoms. The monoisotopic (exact) mass is 602 g/mol. The Hall–Kier alpha value is -4.23. The van der Waals surface area contributed by atoms with Gasteiger partial charge in [0.2, 0.25) is 5.56 Å². The largest absolute Gasteiger partial charge is 0.417 e. The molecule has 9 nitrogen and oxygen atoms in total. The van der Waals surface area contributed by atoms with E-state index in [1.807, 2.05) is 25.8 Å². The van der Waals surface area contributed by atoms with E-state index in [1.165, 1.54) is 18.2 Å². The number of nitrogens with two attached hydrogens (primary N) is 1. The highest BCUT2D eigenvalue weighted by molar-refractivity contribution is 6.07. The molecular weight excluding hydrogens is 568 g/mol. The van der Waals surface area contributed by atoms with Gasteiger partial charge < -0.3 is 26.3 Å². The van der Waals surface area contributed by atoms with Crippen molar-refractivity contribution in [1.82, 2.24) is 15.2 Å². The van der Waals surface area contributed by atoms with E-state index >= 15 is 4.39 Å². The first-order valence-electron chi connectivity index (χ1n) is 13.8. The summed E-state index contributed by atoms with van der Waals surface area (Å²) in [5.41, 5.74) is 3.54. The van der Waals surface area contributed by atoms with Crippen molar-refractivity contribution in [2.75, 3.05) is 43.4 Å². The summed E-state index contributed by atoms with van der Waals surface area (Å²) in [4.78, 5) is 43.9. The molecule has 0 radical (unpaired) electrons. The number of hydrogen-bond acceptors (Lipinski definition) is 6. The number of nitrogens with one attached hydrogen (secondary N) is 3. The van der Waals surface area contributed by atoms with Crippen LogP contribution in [0.25, 0.3) is 11.1 Å². The number of benzene rings is 2. The number of aromatic nitrogens is 1. The summed E-state index contributed by atoms with van der Waals surface area (Å²) in [6.45, 7) is 5.92. The van der Waals surface area contributed by atoms with Gasteiger partial charge in [-0.05, 0) is 69.8 Å². The zero-order valence-corrected chi connectivity index (χ0v) is 24.0. The molecule has 2 heterocycles. The second kappa shape index (κ2) is 13.0. The Bertz CT molecular complexity index is 1550. The Morgan fingerprint density at radius 3 is 2.40 bits per heavy atom. The average Bonchev–Trinajstić information content (AvgIpc) is 2.95. The third-order valence-electron chi connectivity index (χ3n) is 7.63. The van der Waals surface area contributed by atoms with Gasteiger partial charge in [0.25, 0.3) is 11.8 Å². The lowest BCUT2D eigenvalue weighted by Crippen LogP contribution is -2.55. The first kappa shape index (κ1) is 31.7. The highest BCUT2D eigenvalue weighted by Crippen LogP contribution is 2.36. The molecule has 1 aliphatic rings. The highest BCUT2D eigenvalue weighted by Gasteiger charge is 2.36. The molecule has 2 atom stereocenters. The van der Waals surface area contributed by atoms with Crippen LogP contribution in [-0.2, 0) is 6.18 Å². The van der Waals surface area contributed by atoms with Crippen molar-refractivity contribution in [3.05, 3.63) is 81.5 Å². The van der Waals surface area contributed by atoms with Gasteiger partial charge in [0.15, 0.2) is 0 Å². The minimum absolute atomic E-state index is 0.0636. The number of likely N-dealkylation sites (N-methyl/N-ethyl adjacent to an activating group) is 1. The van der Waals surface area contributed by atoms with Crippen LogP contribution in [0.4, 0.5) is 28.9 Å². The van der Waals surface area contributed by atoms with Crippen molar-refractivity contribution in [2.45, 2.75) is 38.5 Å². The number of alkyl halides is 3. The van der Waals surface area contributed by atoms with Crippen molar-refractivity contribution in [3.63, 3.8) is 0 Å². The molecule has 230 valence electrons. The van der Waals surface area contributed by atoms with E-state index in [1.54, 1.807) is 12.1 Å². The van der Waals surface area contributed by atoms with E-state index in [0.717, 1.165) is 12.3 Å². The molecule has 1 fully saturated rings. The van der Waals surface area contributed by atoms with Gasteiger partial charge in [-0.2, -0.15) is 13.2 Å². The summed E-state index contributed by atoms with van der Waals surface area (Å²) in [6.07, 6.45) is -3.67. The first-order valence-corrected chi connectivity index (χ1v) is 13.8. The molecule has 0 saturated carbocycles. The van der Waals surface area contributed by atoms with E-state index in [0.29, 0.717) is 49.9 Å². The number of halogens is 4. The Morgan fingerprint density at radius 1 is 1.05 bits per heavy atom. The number of rotatable bonds is 8. The van der Waals surface area contributed by atoms with Gasteiger partial charge in [0.05, 0.1) is 22.5 Å². The van der Waals surface area contributed by atoms with E-state index < -0.39 is 40.5 Å². The molecule has 4 rings (SSSR count). The summed E-state index contributed by atoms with van der Waals surface area (Å²) in [7, 11) is 2.00. The fourth-order valence-electron chi connectivity index (χ4n) is 5.06. The Balaban J connectivity index is 1.78. The summed E-state index contributed by atoms with van der Waals surface area (Å²) < 4.78 is 56.3. The summed E-state index contributed by atoms with van der Waals surface area (Å²) in [6, 6.07) is 9.20. The Morgan fingerprint density at radius 2 is 1.74 bits per heavy atom. The average molecular weight is 603 g/mol. The van der Waals surface area contributed by atoms with Crippen LogP contribution < -0.4 is 26.8 Å². The Kier molecular flexibility index (Phi) is 9.55. The molecular formula is C30H34F4N6O3. The van der Waals surface area contributed by atoms with Gasteiger partial charge in [0, 0.05) is 55.1 Å². The molecule has 43 heavy (non-hydrogen) atoms. The molecule has 5 N–H and O–H groups in total. The van der Waals surface area contributed by atoms with Crippen LogP contribution in [0, 0.1) is 5.82 Å². The molecule has 3 aromatic rings. The number of carbonyl (C=O) groups is 2. The predicted molar refractivity (Wildman–Crippen MR) is 157 cm³/mol. The van der Waals surface area contributed by atoms with Gasteiger partial charge >= 0.3 is 6.18 Å². The quantitative estimate of drug-likeness (QED) is 0.228. The van der Waals surface area contributed by atoms with E-state index in [4.69, 9.17) is 5.73 Å². The lowest BCUT2D eigenvalue weighted by atomic mass is 9.99. The normalized spacial score (nSPS) is 17.5. The fourth-order valence-corrected chi connectivity index (χ4v) is 5.06. The third kappa shape index (κ3) is 7.23. The first-order chi connectivity index (χ1) is 20.3. The highest BCUT2D eigenvalue weighted by atomic mass is 19.4.